The molecule has 3 unspecified atom stereocenters. The molecule has 1 aliphatic rings. The highest BCUT2D eigenvalue weighted by molar-refractivity contribution is 4.83. The number of hydrogen-bond donors (Lipinski definition) is 2. The first kappa shape index (κ1) is 12.0. The number of ether oxygens (including phenoxy) is 1. The molecule has 0 bridgehead atoms. The fraction of sp³-hybridized carbons (Fsp3) is 1.00. The van der Waals surface area contributed by atoms with Gasteiger partial charge in [0.15, 0.2) is 0 Å². The predicted octanol–water partition coefficient (Wildman–Crippen LogP) is 0.999. The van der Waals surface area contributed by atoms with E-state index < -0.39 is 0 Å². The summed E-state index contributed by atoms with van der Waals surface area (Å²) >= 11 is 0. The van der Waals surface area contributed by atoms with Gasteiger partial charge in [0.25, 0.3) is 0 Å². The quantitative estimate of drug-likeness (QED) is 0.671. The lowest BCUT2D eigenvalue weighted by atomic mass is 10.1. The third kappa shape index (κ3) is 3.95. The highest BCUT2D eigenvalue weighted by atomic mass is 16.5. The molecule has 3 atom stereocenters. The zero-order valence-electron chi connectivity index (χ0n) is 9.68. The molecule has 0 amide bonds. The smallest absolute Gasteiger partial charge is 0.0711 e. The summed E-state index contributed by atoms with van der Waals surface area (Å²) in [5.41, 5.74) is 0. The molecule has 1 fully saturated rings. The van der Waals surface area contributed by atoms with Crippen molar-refractivity contribution in [2.45, 2.75) is 38.8 Å². The Labute approximate surface area is 87.6 Å². The molecule has 0 radical (unpaired) electrons. The number of methoxy groups -OCH3 is 1. The van der Waals surface area contributed by atoms with E-state index in [0.29, 0.717) is 12.1 Å². The maximum absolute atomic E-state index is 5.30. The van der Waals surface area contributed by atoms with Crippen LogP contribution in [0.15, 0.2) is 0 Å². The molecule has 3 heteroatoms. The molecule has 14 heavy (non-hydrogen) atoms. The van der Waals surface area contributed by atoms with Gasteiger partial charge in [-0.3, -0.25) is 0 Å². The highest BCUT2D eigenvalue weighted by Crippen LogP contribution is 2.08. The second-order valence-electron chi connectivity index (χ2n) is 4.37. The summed E-state index contributed by atoms with van der Waals surface area (Å²) in [6.45, 7) is 7.73. The summed E-state index contributed by atoms with van der Waals surface area (Å²) in [6, 6.07) is 0.601. The zero-order chi connectivity index (χ0) is 10.4. The van der Waals surface area contributed by atoms with Crippen molar-refractivity contribution in [2.24, 2.45) is 5.92 Å². The predicted molar refractivity (Wildman–Crippen MR) is 59.5 cm³/mol. The average Bonchev–Trinajstić information content (AvgIpc) is 2.65. The molecule has 1 aliphatic heterocycles. The Balaban J connectivity index is 2.03. The normalized spacial score (nSPS) is 29.4. The van der Waals surface area contributed by atoms with Crippen molar-refractivity contribution in [2.75, 3.05) is 26.7 Å². The molecule has 1 rings (SSSR count). The van der Waals surface area contributed by atoms with E-state index in [1.165, 1.54) is 6.42 Å². The van der Waals surface area contributed by atoms with Crippen LogP contribution in [0.2, 0.25) is 0 Å². The molecule has 84 valence electrons. The Morgan fingerprint density at radius 2 is 2.36 bits per heavy atom. The molecule has 0 saturated carbocycles. The Morgan fingerprint density at radius 1 is 1.57 bits per heavy atom. The molecule has 0 aliphatic carbocycles. The summed E-state index contributed by atoms with van der Waals surface area (Å²) in [7, 11) is 1.79. The molecule has 1 saturated heterocycles. The SMILES string of the molecule is CCC(C)CNCC1CC(OC)CN1. The standard InChI is InChI=1S/C11H24N2O/c1-4-9(2)6-12-7-10-5-11(14-3)8-13-10/h9-13H,4-8H2,1-3H3. The van der Waals surface area contributed by atoms with Crippen LogP contribution >= 0.6 is 0 Å². The summed E-state index contributed by atoms with van der Waals surface area (Å²) < 4.78 is 5.30. The van der Waals surface area contributed by atoms with E-state index in [2.05, 4.69) is 24.5 Å². The van der Waals surface area contributed by atoms with Crippen molar-refractivity contribution in [1.29, 1.82) is 0 Å². The Bertz CT molecular complexity index is 152. The summed E-state index contributed by atoms with van der Waals surface area (Å²) in [6.07, 6.45) is 2.82. The van der Waals surface area contributed by atoms with Crippen LogP contribution in [0.5, 0.6) is 0 Å². The Kier molecular flexibility index (Phi) is 5.45. The zero-order valence-corrected chi connectivity index (χ0v) is 9.68. The van der Waals surface area contributed by atoms with Gasteiger partial charge < -0.3 is 15.4 Å². The van der Waals surface area contributed by atoms with Gasteiger partial charge in [0.05, 0.1) is 6.10 Å². The van der Waals surface area contributed by atoms with E-state index in [-0.39, 0.29) is 0 Å². The van der Waals surface area contributed by atoms with Gasteiger partial charge in [0.2, 0.25) is 0 Å². The molecule has 0 spiro atoms. The van der Waals surface area contributed by atoms with Crippen molar-refractivity contribution < 1.29 is 4.74 Å². The van der Waals surface area contributed by atoms with E-state index in [1.54, 1.807) is 7.11 Å². The Morgan fingerprint density at radius 3 is 2.93 bits per heavy atom. The van der Waals surface area contributed by atoms with Crippen LogP contribution in [0, 0.1) is 5.92 Å². The van der Waals surface area contributed by atoms with Gasteiger partial charge in [-0.1, -0.05) is 20.3 Å². The van der Waals surface area contributed by atoms with Crippen molar-refractivity contribution >= 4 is 0 Å². The van der Waals surface area contributed by atoms with Crippen molar-refractivity contribution in [3.8, 4) is 0 Å². The minimum atomic E-state index is 0.422. The van der Waals surface area contributed by atoms with E-state index >= 15 is 0 Å². The topological polar surface area (TPSA) is 33.3 Å². The van der Waals surface area contributed by atoms with Crippen molar-refractivity contribution in [3.63, 3.8) is 0 Å². The van der Waals surface area contributed by atoms with E-state index in [1.807, 2.05) is 0 Å². The van der Waals surface area contributed by atoms with Crippen LogP contribution in [-0.2, 0) is 4.74 Å². The lowest BCUT2D eigenvalue weighted by molar-refractivity contribution is 0.117. The second-order valence-corrected chi connectivity index (χ2v) is 4.37. The molecule has 0 aromatic carbocycles. The van der Waals surface area contributed by atoms with Crippen LogP contribution in [0.25, 0.3) is 0 Å². The first-order valence-electron chi connectivity index (χ1n) is 5.73. The summed E-state index contributed by atoms with van der Waals surface area (Å²) in [4.78, 5) is 0. The minimum absolute atomic E-state index is 0.422. The average molecular weight is 200 g/mol. The van der Waals surface area contributed by atoms with Crippen LogP contribution < -0.4 is 10.6 Å². The van der Waals surface area contributed by atoms with Gasteiger partial charge in [-0.25, -0.2) is 0 Å². The number of nitrogens with one attached hydrogen (secondary N) is 2. The number of rotatable bonds is 6. The van der Waals surface area contributed by atoms with Gasteiger partial charge in [0.1, 0.15) is 0 Å². The maximum atomic E-state index is 5.30. The number of hydrogen-bond acceptors (Lipinski definition) is 3. The van der Waals surface area contributed by atoms with Gasteiger partial charge in [-0.2, -0.15) is 0 Å². The highest BCUT2D eigenvalue weighted by Gasteiger charge is 2.22. The van der Waals surface area contributed by atoms with Crippen LogP contribution in [0.4, 0.5) is 0 Å². The molecule has 0 aromatic heterocycles. The van der Waals surface area contributed by atoms with Crippen LogP contribution in [0.3, 0.4) is 0 Å². The lowest BCUT2D eigenvalue weighted by Gasteiger charge is -2.14. The molecule has 2 N–H and O–H groups in total. The van der Waals surface area contributed by atoms with E-state index in [9.17, 15) is 0 Å². The van der Waals surface area contributed by atoms with Gasteiger partial charge >= 0.3 is 0 Å². The fourth-order valence-corrected chi connectivity index (χ4v) is 1.77. The molecular weight excluding hydrogens is 176 g/mol. The van der Waals surface area contributed by atoms with Crippen LogP contribution in [0.1, 0.15) is 26.7 Å². The third-order valence-electron chi connectivity index (χ3n) is 3.10. The third-order valence-corrected chi connectivity index (χ3v) is 3.10. The van der Waals surface area contributed by atoms with Crippen LogP contribution in [-0.4, -0.2) is 38.9 Å². The molecular formula is C11H24N2O. The largest absolute Gasteiger partial charge is 0.380 e. The fourth-order valence-electron chi connectivity index (χ4n) is 1.77. The Hall–Kier alpha value is -0.120. The van der Waals surface area contributed by atoms with Crippen molar-refractivity contribution in [1.82, 2.24) is 10.6 Å². The first-order chi connectivity index (χ1) is 6.76. The maximum Gasteiger partial charge on any atom is 0.0711 e. The van der Waals surface area contributed by atoms with E-state index in [4.69, 9.17) is 4.74 Å². The van der Waals surface area contributed by atoms with Gasteiger partial charge in [-0.05, 0) is 18.9 Å². The lowest BCUT2D eigenvalue weighted by Crippen LogP contribution is -2.35. The molecule has 1 heterocycles. The summed E-state index contributed by atoms with van der Waals surface area (Å²) in [5, 5.41) is 6.97. The minimum Gasteiger partial charge on any atom is -0.380 e. The van der Waals surface area contributed by atoms with Gasteiger partial charge in [-0.15, -0.1) is 0 Å². The monoisotopic (exact) mass is 200 g/mol. The molecule has 0 aromatic rings. The second kappa shape index (κ2) is 6.38. The van der Waals surface area contributed by atoms with Crippen molar-refractivity contribution in [3.05, 3.63) is 0 Å². The van der Waals surface area contributed by atoms with Gasteiger partial charge in [0, 0.05) is 26.2 Å². The first-order valence-corrected chi connectivity index (χ1v) is 5.73. The van der Waals surface area contributed by atoms with E-state index in [0.717, 1.165) is 32.0 Å². The molecule has 3 nitrogen and oxygen atoms in total. The summed E-state index contributed by atoms with van der Waals surface area (Å²) in [5.74, 6) is 0.787.